The van der Waals surface area contributed by atoms with Crippen molar-refractivity contribution >= 4 is 66.0 Å². The molecule has 0 aliphatic carbocycles. The first-order valence-electron chi connectivity index (χ1n) is 24.2. The third-order valence-corrected chi connectivity index (χ3v) is 14.3. The van der Waals surface area contributed by atoms with Crippen molar-refractivity contribution in [1.82, 2.24) is 15.8 Å². The number of thiophene rings is 2. The van der Waals surface area contributed by atoms with Crippen LogP contribution in [-0.2, 0) is 0 Å². The maximum Gasteiger partial charge on any atom is 0.280 e. The van der Waals surface area contributed by atoms with Gasteiger partial charge in [0.15, 0.2) is 23.3 Å². The van der Waals surface area contributed by atoms with E-state index in [0.29, 0.717) is 74.6 Å². The van der Waals surface area contributed by atoms with Crippen molar-refractivity contribution in [3.05, 3.63) is 159 Å². The maximum atomic E-state index is 14.8. The van der Waals surface area contributed by atoms with E-state index >= 15 is 0 Å². The summed E-state index contributed by atoms with van der Waals surface area (Å²) in [5.74, 6) is -2.61. The molecule has 0 radical (unpaired) electrons. The number of aromatic nitrogens is 1. The van der Waals surface area contributed by atoms with Crippen LogP contribution in [0.5, 0.6) is 11.5 Å². The van der Waals surface area contributed by atoms with Gasteiger partial charge in [0.05, 0.1) is 44.6 Å². The lowest BCUT2D eigenvalue weighted by Gasteiger charge is -2.31. The lowest BCUT2D eigenvalue weighted by molar-refractivity contribution is 0.0939. The molecule has 2 aliphatic heterocycles. The number of benzene rings is 5. The zero-order valence-electron chi connectivity index (χ0n) is 42.1. The molecule has 0 saturated heterocycles. The van der Waals surface area contributed by atoms with Crippen LogP contribution in [0.3, 0.4) is 0 Å². The second-order valence-electron chi connectivity index (χ2n) is 17.3. The van der Waals surface area contributed by atoms with Crippen LogP contribution in [0.2, 0.25) is 0 Å². The highest BCUT2D eigenvalue weighted by atomic mass is 32.1. The fourth-order valence-corrected chi connectivity index (χ4v) is 11.5. The summed E-state index contributed by atoms with van der Waals surface area (Å²) in [6.45, 7) is 21.5. The number of pyridine rings is 1. The summed E-state index contributed by atoms with van der Waals surface area (Å²) in [5, 5.41) is 5.28. The molecule has 380 valence electrons. The van der Waals surface area contributed by atoms with Crippen LogP contribution in [-0.4, -0.2) is 43.1 Å². The minimum absolute atomic E-state index is 0. The highest BCUT2D eigenvalue weighted by molar-refractivity contribution is 7.22. The molecule has 0 spiro atoms. The minimum Gasteiger partial charge on any atom is -0.489 e. The highest BCUT2D eigenvalue weighted by Crippen LogP contribution is 2.44. The Hall–Kier alpha value is -6.97. The van der Waals surface area contributed by atoms with Gasteiger partial charge in [-0.25, -0.2) is 17.6 Å². The third kappa shape index (κ3) is 10.6. The Kier molecular flexibility index (Phi) is 16.9. The van der Waals surface area contributed by atoms with Crippen molar-refractivity contribution in [2.45, 2.75) is 81.1 Å². The van der Waals surface area contributed by atoms with Gasteiger partial charge < -0.3 is 9.47 Å². The molecule has 0 unspecified atom stereocenters. The Labute approximate surface area is 429 Å². The molecular formula is C57H63F4N5O4S2. The zero-order valence-corrected chi connectivity index (χ0v) is 43.7. The Morgan fingerprint density at radius 2 is 1.06 bits per heavy atom. The zero-order chi connectivity index (χ0) is 52.0. The van der Waals surface area contributed by atoms with Gasteiger partial charge >= 0.3 is 0 Å². The van der Waals surface area contributed by atoms with Crippen molar-refractivity contribution in [2.24, 2.45) is 0 Å². The molecule has 9 nitrogen and oxygen atoms in total. The molecule has 5 aromatic carbocycles. The first-order chi connectivity index (χ1) is 34.7. The van der Waals surface area contributed by atoms with Gasteiger partial charge in [-0.1, -0.05) is 97.9 Å². The molecule has 10 rings (SSSR count). The summed E-state index contributed by atoms with van der Waals surface area (Å²) in [6, 6.07) is 28.0. The van der Waals surface area contributed by atoms with Gasteiger partial charge in [0.1, 0.15) is 24.7 Å². The van der Waals surface area contributed by atoms with E-state index in [2.05, 4.69) is 15.8 Å². The van der Waals surface area contributed by atoms with Gasteiger partial charge in [0.25, 0.3) is 11.8 Å². The summed E-state index contributed by atoms with van der Waals surface area (Å²) in [5.41, 5.74) is 11.8. The number of hydrogen-bond donors (Lipinski definition) is 2. The number of nitrogens with one attached hydrogen (secondary N) is 2. The van der Waals surface area contributed by atoms with Crippen LogP contribution >= 0.6 is 22.7 Å². The number of ether oxygens (including phenoxy) is 2. The minimum atomic E-state index is -0.943. The molecule has 0 atom stereocenters. The molecule has 72 heavy (non-hydrogen) atoms. The second kappa shape index (κ2) is 23.1. The predicted octanol–water partition coefficient (Wildman–Crippen LogP) is 15.6. The number of para-hydroxylation sites is 4. The smallest absolute Gasteiger partial charge is 0.280 e. The van der Waals surface area contributed by atoms with E-state index in [4.69, 9.17) is 9.47 Å². The van der Waals surface area contributed by atoms with Gasteiger partial charge in [-0.15, -0.1) is 22.7 Å². The number of fused-ring (bicyclic) bond motifs is 4. The average Bonchev–Trinajstić information content (AvgIpc) is 3.99. The summed E-state index contributed by atoms with van der Waals surface area (Å²) >= 11 is 2.56. The number of hydrazine groups is 2. The number of carbonyl (C=O) groups is 2. The number of anilines is 2. The molecule has 3 aromatic heterocycles. The van der Waals surface area contributed by atoms with Gasteiger partial charge in [-0.3, -0.25) is 35.4 Å². The molecule has 8 aromatic rings. The SMILES string of the molecule is CC.CC.Cc1cc(F)c(F)c(-c2cccc3c(C(C)C)c(C(=O)NN4CCOc5ccccc54)sc23)c1.Cc1cc(F)c(F)c(-c2nccc3c(C(C)C)c(C(=O)NN4CCOc5ccccc54)sc23)c1.[HH].[HH]. The number of nitrogens with zero attached hydrogens (tertiary/aromatic N) is 3. The van der Waals surface area contributed by atoms with Crippen LogP contribution in [0.4, 0.5) is 28.9 Å². The molecular weight excluding hydrogens is 959 g/mol. The molecule has 0 saturated carbocycles. The molecule has 0 bridgehead atoms. The molecule has 2 N–H and O–H groups in total. The first kappa shape index (κ1) is 52.8. The Morgan fingerprint density at radius 3 is 1.57 bits per heavy atom. The fraction of sp³-hybridized carbons (Fsp3) is 0.281. The summed E-state index contributed by atoms with van der Waals surface area (Å²) in [6.07, 6.45) is 1.58. The van der Waals surface area contributed by atoms with Crippen molar-refractivity contribution in [2.75, 3.05) is 36.3 Å². The standard InChI is InChI=1S/C27H24F2N2O2S.C26H23F2N3O2S.2C2H6.2H2/c1-15(2)23-18-8-6-7-17(19-13-16(3)14-20(28)24(19)29)25(18)34-26(23)27(32)30-31-11-12-33-22-10-5-4-9-21(22)31;1-14(2)21-16-8-9-29-23(17-12-15(3)13-18(27)22(17)28)24(16)34-25(21)26(32)30-31-10-11-33-20-7-5-4-6-19(20)31;2*1-2;;/h4-10,13-15H,11-12H2,1-3H3,(H,30,32);4-9,12-14H,10-11H2,1-3H3,(H,30,32);2*1-2H3;2*1H. The quantitative estimate of drug-likeness (QED) is 0.146. The summed E-state index contributed by atoms with van der Waals surface area (Å²) in [7, 11) is 0. The largest absolute Gasteiger partial charge is 0.489 e. The van der Waals surface area contributed by atoms with Gasteiger partial charge in [0, 0.05) is 35.8 Å². The topological polar surface area (TPSA) is 96.0 Å². The van der Waals surface area contributed by atoms with Crippen LogP contribution < -0.4 is 30.3 Å². The number of aryl methyl sites for hydroxylation is 2. The Morgan fingerprint density at radius 1 is 0.597 bits per heavy atom. The number of halogens is 4. The third-order valence-electron chi connectivity index (χ3n) is 11.8. The molecule has 5 heterocycles. The maximum absolute atomic E-state index is 14.8. The number of amides is 2. The van der Waals surface area contributed by atoms with E-state index in [-0.39, 0.29) is 37.6 Å². The summed E-state index contributed by atoms with van der Waals surface area (Å²) in [4.78, 5) is 32.5. The van der Waals surface area contributed by atoms with E-state index < -0.39 is 23.3 Å². The first-order valence-corrected chi connectivity index (χ1v) is 25.8. The van der Waals surface area contributed by atoms with Crippen molar-refractivity contribution < 1.29 is 39.5 Å². The van der Waals surface area contributed by atoms with Gasteiger partial charge in [-0.05, 0) is 108 Å². The van der Waals surface area contributed by atoms with Crippen LogP contribution in [0, 0.1) is 37.1 Å². The normalized spacial score (nSPS) is 12.6. The van der Waals surface area contributed by atoms with Gasteiger partial charge in [-0.2, -0.15) is 0 Å². The lowest BCUT2D eigenvalue weighted by atomic mass is 9.95. The molecule has 0 fully saturated rings. The molecule has 2 aliphatic rings. The monoisotopic (exact) mass is 1020 g/mol. The predicted molar refractivity (Wildman–Crippen MR) is 290 cm³/mol. The molecule has 15 heteroatoms. The number of carbonyl (C=O) groups excluding carboxylic acids is 2. The fourth-order valence-electron chi connectivity index (χ4n) is 8.80. The summed E-state index contributed by atoms with van der Waals surface area (Å²) < 4.78 is 70.7. The van der Waals surface area contributed by atoms with E-state index in [1.54, 1.807) is 48.3 Å². The van der Waals surface area contributed by atoms with Crippen molar-refractivity contribution in [3.63, 3.8) is 0 Å². The van der Waals surface area contributed by atoms with Crippen LogP contribution in [0.15, 0.2) is 103 Å². The number of hydrogen-bond acceptors (Lipinski definition) is 9. The molecule has 2 amide bonds. The van der Waals surface area contributed by atoms with Gasteiger partial charge in [0.2, 0.25) is 0 Å². The second-order valence-corrected chi connectivity index (χ2v) is 19.3. The Bertz CT molecular complexity index is 3060. The van der Waals surface area contributed by atoms with Crippen LogP contribution in [0.1, 0.15) is 112 Å². The van der Waals surface area contributed by atoms with E-state index in [0.717, 1.165) is 44.0 Å². The number of rotatable bonds is 8. The highest BCUT2D eigenvalue weighted by Gasteiger charge is 2.29. The average molecular weight is 1020 g/mol. The van der Waals surface area contributed by atoms with E-state index in [1.165, 1.54) is 28.7 Å². The van der Waals surface area contributed by atoms with E-state index in [1.807, 2.05) is 122 Å². The van der Waals surface area contributed by atoms with Crippen LogP contribution in [0.25, 0.3) is 42.6 Å². The lowest BCUT2D eigenvalue weighted by Crippen LogP contribution is -2.46. The van der Waals surface area contributed by atoms with Crippen molar-refractivity contribution in [3.8, 4) is 33.9 Å². The Balaban J connectivity index is 0.000000251. The van der Waals surface area contributed by atoms with Crippen molar-refractivity contribution in [1.29, 1.82) is 0 Å². The van der Waals surface area contributed by atoms with E-state index in [9.17, 15) is 27.2 Å².